The number of halogens is 3. The molecule has 0 saturated carbocycles. The first-order chi connectivity index (χ1) is 6.65. The summed E-state index contributed by atoms with van der Waals surface area (Å²) in [4.78, 5) is 0. The van der Waals surface area contributed by atoms with Crippen LogP contribution in [0.3, 0.4) is 0 Å². The van der Waals surface area contributed by atoms with Crippen LogP contribution in [0.15, 0.2) is 0 Å². The third kappa shape index (κ3) is 7.61. The van der Waals surface area contributed by atoms with E-state index >= 15 is 0 Å². The lowest BCUT2D eigenvalue weighted by Gasteiger charge is -2.09. The molecule has 0 saturated heterocycles. The summed E-state index contributed by atoms with van der Waals surface area (Å²) < 4.78 is 57.5. The molecule has 3 nitrogen and oxygen atoms in total. The van der Waals surface area contributed by atoms with Crippen molar-refractivity contribution in [2.45, 2.75) is 31.7 Å². The fraction of sp³-hybridized carbons (Fsp3) is 1.00. The van der Waals surface area contributed by atoms with Gasteiger partial charge in [0.25, 0.3) is 0 Å². The third-order valence-corrected chi connectivity index (χ3v) is 4.08. The first kappa shape index (κ1) is 14.7. The second-order valence-electron chi connectivity index (χ2n) is 3.53. The molecule has 0 bridgehead atoms. The Hall–Kier alpha value is -0.300. The van der Waals surface area contributed by atoms with Gasteiger partial charge >= 0.3 is 6.18 Å². The molecule has 0 unspecified atom stereocenters. The molecule has 0 aromatic heterocycles. The maximum atomic E-state index is 11.7. The average molecular weight is 247 g/mol. The van der Waals surface area contributed by atoms with Gasteiger partial charge in [-0.2, -0.15) is 13.2 Å². The van der Waals surface area contributed by atoms with Crippen molar-refractivity contribution in [2.24, 2.45) is 0 Å². The van der Waals surface area contributed by atoms with E-state index in [1.54, 1.807) is 13.8 Å². The van der Waals surface area contributed by atoms with Crippen LogP contribution in [0.2, 0.25) is 0 Å². The zero-order valence-corrected chi connectivity index (χ0v) is 9.58. The van der Waals surface area contributed by atoms with Crippen LogP contribution in [0, 0.1) is 0 Å². The van der Waals surface area contributed by atoms with Crippen LogP contribution in [-0.2, 0) is 9.84 Å². The van der Waals surface area contributed by atoms with E-state index in [1.807, 2.05) is 0 Å². The SMILES string of the molecule is CC(C)S(=O)(=O)CCNCCC(F)(F)F. The summed E-state index contributed by atoms with van der Waals surface area (Å²) in [6.45, 7) is 2.92. The van der Waals surface area contributed by atoms with Crippen LogP contribution in [0.4, 0.5) is 13.2 Å². The highest BCUT2D eigenvalue weighted by molar-refractivity contribution is 7.92. The van der Waals surface area contributed by atoms with Crippen LogP contribution in [0.1, 0.15) is 20.3 Å². The zero-order chi connectivity index (χ0) is 12.1. The molecule has 0 aliphatic carbocycles. The minimum Gasteiger partial charge on any atom is -0.315 e. The summed E-state index contributed by atoms with van der Waals surface area (Å²) in [5.41, 5.74) is 0. The van der Waals surface area contributed by atoms with E-state index in [1.165, 1.54) is 0 Å². The van der Waals surface area contributed by atoms with Gasteiger partial charge in [-0.25, -0.2) is 8.42 Å². The van der Waals surface area contributed by atoms with E-state index in [2.05, 4.69) is 5.32 Å². The van der Waals surface area contributed by atoms with Gasteiger partial charge in [0.1, 0.15) is 0 Å². The smallest absolute Gasteiger partial charge is 0.315 e. The maximum absolute atomic E-state index is 11.7. The number of rotatable bonds is 6. The highest BCUT2D eigenvalue weighted by Gasteiger charge is 2.26. The number of alkyl halides is 3. The van der Waals surface area contributed by atoms with E-state index < -0.39 is 27.7 Å². The Labute approximate surface area is 88.0 Å². The molecule has 0 aromatic rings. The van der Waals surface area contributed by atoms with Crippen molar-refractivity contribution in [1.82, 2.24) is 5.32 Å². The van der Waals surface area contributed by atoms with Gasteiger partial charge in [0.15, 0.2) is 9.84 Å². The fourth-order valence-corrected chi connectivity index (χ4v) is 1.71. The van der Waals surface area contributed by atoms with Crippen LogP contribution < -0.4 is 5.32 Å². The van der Waals surface area contributed by atoms with E-state index in [4.69, 9.17) is 0 Å². The molecule has 1 N–H and O–H groups in total. The number of hydrogen-bond acceptors (Lipinski definition) is 3. The third-order valence-electron chi connectivity index (χ3n) is 1.87. The molecule has 0 fully saturated rings. The van der Waals surface area contributed by atoms with Gasteiger partial charge in [0.2, 0.25) is 0 Å². The molecule has 0 radical (unpaired) electrons. The molecule has 7 heteroatoms. The minimum absolute atomic E-state index is 0.0661. The summed E-state index contributed by atoms with van der Waals surface area (Å²) in [5, 5.41) is 1.97. The average Bonchev–Trinajstić information content (AvgIpc) is 2.00. The Morgan fingerprint density at radius 1 is 1.20 bits per heavy atom. The Bertz CT molecular complexity index is 272. The second kappa shape index (κ2) is 5.69. The first-order valence-corrected chi connectivity index (χ1v) is 6.36. The topological polar surface area (TPSA) is 46.2 Å². The van der Waals surface area contributed by atoms with Gasteiger partial charge < -0.3 is 5.32 Å². The van der Waals surface area contributed by atoms with Crippen molar-refractivity contribution < 1.29 is 21.6 Å². The van der Waals surface area contributed by atoms with Gasteiger partial charge in [-0.3, -0.25) is 0 Å². The normalized spacial score (nSPS) is 13.5. The lowest BCUT2D eigenvalue weighted by Crippen LogP contribution is -2.29. The van der Waals surface area contributed by atoms with E-state index in [0.29, 0.717) is 0 Å². The number of sulfone groups is 1. The van der Waals surface area contributed by atoms with Crippen molar-refractivity contribution in [3.05, 3.63) is 0 Å². The maximum Gasteiger partial charge on any atom is 0.390 e. The van der Waals surface area contributed by atoms with Crippen LogP contribution >= 0.6 is 0 Å². The summed E-state index contributed by atoms with van der Waals surface area (Å²) in [5.74, 6) is -0.122. The molecule has 0 spiro atoms. The molecule has 0 aliphatic heterocycles. The van der Waals surface area contributed by atoms with Crippen LogP contribution in [0.25, 0.3) is 0 Å². The van der Waals surface area contributed by atoms with Crippen molar-refractivity contribution in [3.8, 4) is 0 Å². The minimum atomic E-state index is -4.19. The monoisotopic (exact) mass is 247 g/mol. The fourth-order valence-electron chi connectivity index (χ4n) is 0.805. The molecule has 0 heterocycles. The second-order valence-corrected chi connectivity index (χ2v) is 6.21. The molecule has 92 valence electrons. The van der Waals surface area contributed by atoms with Gasteiger partial charge in [-0.1, -0.05) is 0 Å². The Morgan fingerprint density at radius 3 is 2.13 bits per heavy atom. The van der Waals surface area contributed by atoms with Gasteiger partial charge in [0.05, 0.1) is 17.4 Å². The lowest BCUT2D eigenvalue weighted by molar-refractivity contribution is -0.133. The van der Waals surface area contributed by atoms with Crippen LogP contribution in [-0.4, -0.2) is 38.7 Å². The highest BCUT2D eigenvalue weighted by atomic mass is 32.2. The number of hydrogen-bond donors (Lipinski definition) is 1. The van der Waals surface area contributed by atoms with E-state index in [0.717, 1.165) is 0 Å². The standard InChI is InChI=1S/C8H16F3NO2S/c1-7(2)15(13,14)6-5-12-4-3-8(9,10)11/h7,12H,3-6H2,1-2H3. The molecule has 0 aromatic carbocycles. The molecule has 0 aliphatic rings. The van der Waals surface area contributed by atoms with Gasteiger partial charge in [-0.05, 0) is 13.8 Å². The van der Waals surface area contributed by atoms with Gasteiger partial charge in [-0.15, -0.1) is 0 Å². The van der Waals surface area contributed by atoms with E-state index in [9.17, 15) is 21.6 Å². The highest BCUT2D eigenvalue weighted by Crippen LogP contribution is 2.17. The number of nitrogens with one attached hydrogen (secondary N) is 1. The summed E-state index contributed by atoms with van der Waals surface area (Å²) >= 11 is 0. The Balaban J connectivity index is 3.65. The largest absolute Gasteiger partial charge is 0.390 e. The predicted octanol–water partition coefficient (Wildman–Crippen LogP) is 1.35. The summed E-state index contributed by atoms with van der Waals surface area (Å²) in [6.07, 6.45) is -5.13. The lowest BCUT2D eigenvalue weighted by atomic mass is 10.4. The van der Waals surface area contributed by atoms with Crippen molar-refractivity contribution in [1.29, 1.82) is 0 Å². The van der Waals surface area contributed by atoms with Crippen molar-refractivity contribution >= 4 is 9.84 Å². The summed E-state index contributed by atoms with van der Waals surface area (Å²) in [7, 11) is -3.16. The first-order valence-electron chi connectivity index (χ1n) is 4.64. The zero-order valence-electron chi connectivity index (χ0n) is 8.76. The molecule has 15 heavy (non-hydrogen) atoms. The van der Waals surface area contributed by atoms with Gasteiger partial charge in [0, 0.05) is 13.1 Å². The Kier molecular flexibility index (Phi) is 5.58. The molecular weight excluding hydrogens is 231 g/mol. The quantitative estimate of drug-likeness (QED) is 0.721. The van der Waals surface area contributed by atoms with Crippen molar-refractivity contribution in [2.75, 3.05) is 18.8 Å². The van der Waals surface area contributed by atoms with Crippen LogP contribution in [0.5, 0.6) is 0 Å². The van der Waals surface area contributed by atoms with Crippen molar-refractivity contribution in [3.63, 3.8) is 0 Å². The molecule has 0 atom stereocenters. The molecule has 0 amide bonds. The summed E-state index contributed by atoms with van der Waals surface area (Å²) in [6, 6.07) is 0. The predicted molar refractivity (Wildman–Crippen MR) is 52.5 cm³/mol. The van der Waals surface area contributed by atoms with E-state index in [-0.39, 0.29) is 18.8 Å². The Morgan fingerprint density at radius 2 is 1.73 bits per heavy atom. The molecular formula is C8H16F3NO2S. The molecule has 0 rings (SSSR count).